The van der Waals surface area contributed by atoms with Crippen molar-refractivity contribution >= 4 is 43.6 Å². The van der Waals surface area contributed by atoms with Crippen LogP contribution < -0.4 is 0 Å². The molecular formula is C41H28N4. The quantitative estimate of drug-likeness (QED) is 0.209. The third-order valence-corrected chi connectivity index (χ3v) is 9.00. The molecule has 0 saturated heterocycles. The minimum absolute atomic E-state index is 0.935. The zero-order valence-electron chi connectivity index (χ0n) is 24.7. The average Bonchev–Trinajstić information content (AvgIpc) is 3.62. The Balaban J connectivity index is 1.18. The monoisotopic (exact) mass is 576 g/mol. The Kier molecular flexibility index (Phi) is 5.69. The highest BCUT2D eigenvalue weighted by molar-refractivity contribution is 6.10. The number of hydrogen-bond donors (Lipinski definition) is 0. The van der Waals surface area contributed by atoms with Gasteiger partial charge in [-0.05, 0) is 55.5 Å². The summed E-state index contributed by atoms with van der Waals surface area (Å²) >= 11 is 0. The summed E-state index contributed by atoms with van der Waals surface area (Å²) in [6, 6.07) is 51.8. The summed E-state index contributed by atoms with van der Waals surface area (Å²) in [6.45, 7) is 2.13. The molecule has 0 atom stereocenters. The fraction of sp³-hybridized carbons (Fsp3) is 0.0244. The number of fused-ring (bicyclic) bond motifs is 6. The molecule has 3 heterocycles. The lowest BCUT2D eigenvalue weighted by Gasteiger charge is -2.14. The highest BCUT2D eigenvalue weighted by Gasteiger charge is 2.16. The molecule has 0 unspecified atom stereocenters. The molecule has 0 bridgehead atoms. The fourth-order valence-electron chi connectivity index (χ4n) is 7.02. The van der Waals surface area contributed by atoms with Gasteiger partial charge >= 0.3 is 0 Å². The molecule has 3 aromatic heterocycles. The Hall–Kier alpha value is -6.00. The molecule has 6 aromatic carbocycles. The maximum Gasteiger partial charge on any atom is 0.116 e. The van der Waals surface area contributed by atoms with Crippen LogP contribution in [0.15, 0.2) is 152 Å². The third kappa shape index (κ3) is 3.93. The van der Waals surface area contributed by atoms with Gasteiger partial charge in [0.25, 0.3) is 0 Å². The van der Waals surface area contributed by atoms with Crippen LogP contribution in [0.2, 0.25) is 0 Å². The molecule has 0 fully saturated rings. The van der Waals surface area contributed by atoms with Crippen LogP contribution in [0.4, 0.5) is 0 Å². The second-order valence-electron chi connectivity index (χ2n) is 11.5. The van der Waals surface area contributed by atoms with Crippen LogP contribution in [0.25, 0.3) is 77.5 Å². The predicted molar refractivity (Wildman–Crippen MR) is 186 cm³/mol. The van der Waals surface area contributed by atoms with Gasteiger partial charge in [0, 0.05) is 49.6 Å². The van der Waals surface area contributed by atoms with Crippen LogP contribution in [-0.4, -0.2) is 19.1 Å². The van der Waals surface area contributed by atoms with E-state index in [4.69, 9.17) is 9.97 Å². The normalized spacial score (nSPS) is 11.7. The van der Waals surface area contributed by atoms with E-state index >= 15 is 0 Å². The van der Waals surface area contributed by atoms with E-state index in [1.165, 1.54) is 43.6 Å². The van der Waals surface area contributed by atoms with E-state index in [9.17, 15) is 0 Å². The lowest BCUT2D eigenvalue weighted by molar-refractivity contribution is 1.13. The Morgan fingerprint density at radius 2 is 0.756 bits per heavy atom. The molecule has 0 aliphatic heterocycles. The van der Waals surface area contributed by atoms with Gasteiger partial charge in [0.1, 0.15) is 6.33 Å². The highest BCUT2D eigenvalue weighted by Crippen LogP contribution is 2.36. The van der Waals surface area contributed by atoms with E-state index in [0.717, 1.165) is 39.5 Å². The molecule has 212 valence electrons. The Bertz CT molecular complexity index is 2290. The van der Waals surface area contributed by atoms with Crippen molar-refractivity contribution in [3.63, 3.8) is 0 Å². The smallest absolute Gasteiger partial charge is 0.116 e. The number of benzene rings is 6. The molecule has 0 aliphatic carbocycles. The predicted octanol–water partition coefficient (Wildman–Crippen LogP) is 10.3. The van der Waals surface area contributed by atoms with Gasteiger partial charge in [-0.15, -0.1) is 0 Å². The van der Waals surface area contributed by atoms with Gasteiger partial charge < -0.3 is 9.13 Å². The Labute approximate surface area is 260 Å². The zero-order valence-corrected chi connectivity index (χ0v) is 24.7. The summed E-state index contributed by atoms with van der Waals surface area (Å²) in [5.74, 6) is 0. The van der Waals surface area contributed by atoms with Gasteiger partial charge in [-0.2, -0.15) is 0 Å². The topological polar surface area (TPSA) is 35.6 Å². The lowest BCUT2D eigenvalue weighted by Crippen LogP contribution is -1.99. The highest BCUT2D eigenvalue weighted by atomic mass is 15.0. The van der Waals surface area contributed by atoms with Gasteiger partial charge in [-0.1, -0.05) is 97.1 Å². The zero-order chi connectivity index (χ0) is 29.9. The number of aromatic nitrogens is 4. The van der Waals surface area contributed by atoms with Gasteiger partial charge in [0.15, 0.2) is 0 Å². The van der Waals surface area contributed by atoms with Crippen molar-refractivity contribution in [1.29, 1.82) is 0 Å². The first-order valence-electron chi connectivity index (χ1n) is 15.3. The largest absolute Gasteiger partial charge is 0.309 e. The first-order chi connectivity index (χ1) is 22.3. The van der Waals surface area contributed by atoms with Crippen LogP contribution in [0.5, 0.6) is 0 Å². The molecule has 0 amide bonds. The SMILES string of the molecule is Cc1c(-c2cccc(-n3c4ccccc4c4ccccc43)c2)ncnc1-c1cccc(-n2c3ccccc3c3ccccc32)c1. The molecule has 45 heavy (non-hydrogen) atoms. The fourth-order valence-corrected chi connectivity index (χ4v) is 7.02. The molecule has 0 spiro atoms. The number of rotatable bonds is 4. The van der Waals surface area contributed by atoms with E-state index in [-0.39, 0.29) is 0 Å². The van der Waals surface area contributed by atoms with Crippen LogP contribution in [0.3, 0.4) is 0 Å². The summed E-state index contributed by atoms with van der Waals surface area (Å²) in [5, 5.41) is 5.01. The maximum absolute atomic E-state index is 4.81. The summed E-state index contributed by atoms with van der Waals surface area (Å²) in [5.41, 5.74) is 12.0. The van der Waals surface area contributed by atoms with Crippen molar-refractivity contribution in [2.24, 2.45) is 0 Å². The van der Waals surface area contributed by atoms with E-state index in [2.05, 4.69) is 162 Å². The third-order valence-electron chi connectivity index (χ3n) is 9.00. The molecule has 4 heteroatoms. The molecule has 9 rings (SSSR count). The van der Waals surface area contributed by atoms with Crippen LogP contribution in [0, 0.1) is 6.92 Å². The summed E-state index contributed by atoms with van der Waals surface area (Å²) in [7, 11) is 0. The first kappa shape index (κ1) is 25.5. The second-order valence-corrected chi connectivity index (χ2v) is 11.5. The molecule has 4 nitrogen and oxygen atoms in total. The van der Waals surface area contributed by atoms with E-state index in [1.807, 2.05) is 0 Å². The first-order valence-corrected chi connectivity index (χ1v) is 15.3. The average molecular weight is 577 g/mol. The van der Waals surface area contributed by atoms with Crippen molar-refractivity contribution in [2.45, 2.75) is 6.92 Å². The summed E-state index contributed by atoms with van der Waals surface area (Å²) < 4.78 is 4.70. The standard InChI is InChI=1S/C41H28N4/c1-27-40(28-12-10-14-30(24-28)44-36-20-6-2-16-32(36)33-17-3-7-21-37(33)44)42-26-43-41(27)29-13-11-15-31(25-29)45-38-22-8-4-18-34(38)35-19-5-9-23-39(35)45/h2-26H,1H3. The molecule has 0 saturated carbocycles. The van der Waals surface area contributed by atoms with Crippen LogP contribution >= 0.6 is 0 Å². The number of para-hydroxylation sites is 4. The van der Waals surface area contributed by atoms with Gasteiger partial charge in [-0.25, -0.2) is 9.97 Å². The van der Waals surface area contributed by atoms with Gasteiger partial charge in [0.2, 0.25) is 0 Å². The maximum atomic E-state index is 4.81. The Morgan fingerprint density at radius 1 is 0.400 bits per heavy atom. The van der Waals surface area contributed by atoms with Crippen molar-refractivity contribution in [1.82, 2.24) is 19.1 Å². The van der Waals surface area contributed by atoms with Crippen molar-refractivity contribution < 1.29 is 0 Å². The molecule has 0 aliphatic rings. The number of hydrogen-bond acceptors (Lipinski definition) is 2. The number of nitrogens with zero attached hydrogens (tertiary/aromatic N) is 4. The van der Waals surface area contributed by atoms with Crippen molar-refractivity contribution in [3.05, 3.63) is 157 Å². The molecule has 0 radical (unpaired) electrons. The summed E-state index contributed by atoms with van der Waals surface area (Å²) in [4.78, 5) is 9.62. The van der Waals surface area contributed by atoms with E-state index in [0.29, 0.717) is 0 Å². The summed E-state index contributed by atoms with van der Waals surface area (Å²) in [6.07, 6.45) is 1.69. The van der Waals surface area contributed by atoms with Crippen molar-refractivity contribution in [3.8, 4) is 33.9 Å². The molecule has 9 aromatic rings. The van der Waals surface area contributed by atoms with Crippen LogP contribution in [-0.2, 0) is 0 Å². The minimum Gasteiger partial charge on any atom is -0.309 e. The molecular weight excluding hydrogens is 548 g/mol. The second kappa shape index (κ2) is 10.0. The van der Waals surface area contributed by atoms with Crippen LogP contribution in [0.1, 0.15) is 5.56 Å². The lowest BCUT2D eigenvalue weighted by atomic mass is 10.0. The van der Waals surface area contributed by atoms with E-state index in [1.54, 1.807) is 6.33 Å². The molecule has 0 N–H and O–H groups in total. The van der Waals surface area contributed by atoms with E-state index < -0.39 is 0 Å². The van der Waals surface area contributed by atoms with Gasteiger partial charge in [0.05, 0.1) is 33.5 Å². The Morgan fingerprint density at radius 3 is 1.13 bits per heavy atom. The van der Waals surface area contributed by atoms with Crippen molar-refractivity contribution in [2.75, 3.05) is 0 Å². The van der Waals surface area contributed by atoms with Gasteiger partial charge in [-0.3, -0.25) is 0 Å². The minimum atomic E-state index is 0.935.